The van der Waals surface area contributed by atoms with Crippen LogP contribution in [0.15, 0.2) is 12.2 Å². The van der Waals surface area contributed by atoms with E-state index in [0.29, 0.717) is 19.5 Å². The average Bonchev–Trinajstić information content (AvgIpc) is 2.98. The van der Waals surface area contributed by atoms with E-state index in [2.05, 4.69) is 4.90 Å². The number of methoxy groups -OCH3 is 1. The highest BCUT2D eigenvalue weighted by Gasteiger charge is 2.36. The Morgan fingerprint density at radius 1 is 1.25 bits per heavy atom. The zero-order valence-corrected chi connectivity index (χ0v) is 14.9. The SMILES string of the molecule is CO[C@H]1CN(C(=O)/C=C/CN2CCOCC2)C[C@H]1CC(=O)N(C)C. The quantitative estimate of drug-likeness (QED) is 0.629. The van der Waals surface area contributed by atoms with Crippen molar-refractivity contribution >= 4 is 11.8 Å². The summed E-state index contributed by atoms with van der Waals surface area (Å²) in [7, 11) is 5.13. The number of rotatable bonds is 6. The van der Waals surface area contributed by atoms with Gasteiger partial charge >= 0.3 is 0 Å². The van der Waals surface area contributed by atoms with Crippen LogP contribution in [-0.2, 0) is 19.1 Å². The van der Waals surface area contributed by atoms with E-state index in [1.54, 1.807) is 37.1 Å². The highest BCUT2D eigenvalue weighted by atomic mass is 16.5. The van der Waals surface area contributed by atoms with E-state index in [1.807, 2.05) is 6.08 Å². The van der Waals surface area contributed by atoms with Gasteiger partial charge in [0.15, 0.2) is 0 Å². The molecule has 0 aliphatic carbocycles. The van der Waals surface area contributed by atoms with Crippen molar-refractivity contribution in [2.75, 3.05) is 67.1 Å². The summed E-state index contributed by atoms with van der Waals surface area (Å²) in [6.45, 7) is 5.20. The fourth-order valence-corrected chi connectivity index (χ4v) is 3.08. The van der Waals surface area contributed by atoms with Gasteiger partial charge in [0.05, 0.1) is 19.3 Å². The molecule has 0 saturated carbocycles. The molecule has 0 aromatic carbocycles. The van der Waals surface area contributed by atoms with Crippen LogP contribution in [0.2, 0.25) is 0 Å². The summed E-state index contributed by atoms with van der Waals surface area (Å²) in [6, 6.07) is 0. The summed E-state index contributed by atoms with van der Waals surface area (Å²) >= 11 is 0. The van der Waals surface area contributed by atoms with Gasteiger partial charge in [-0.3, -0.25) is 14.5 Å². The number of likely N-dealkylation sites (tertiary alicyclic amines) is 1. The van der Waals surface area contributed by atoms with Crippen LogP contribution >= 0.6 is 0 Å². The number of morpholine rings is 1. The highest BCUT2D eigenvalue weighted by Crippen LogP contribution is 2.23. The van der Waals surface area contributed by atoms with Crippen molar-refractivity contribution in [3.63, 3.8) is 0 Å². The Morgan fingerprint density at radius 3 is 2.58 bits per heavy atom. The van der Waals surface area contributed by atoms with Gasteiger partial charge in [-0.2, -0.15) is 0 Å². The van der Waals surface area contributed by atoms with Crippen molar-refractivity contribution in [2.45, 2.75) is 12.5 Å². The zero-order valence-electron chi connectivity index (χ0n) is 14.9. The summed E-state index contributed by atoms with van der Waals surface area (Å²) in [5.74, 6) is 0.116. The van der Waals surface area contributed by atoms with Crippen LogP contribution in [0.5, 0.6) is 0 Å². The monoisotopic (exact) mass is 339 g/mol. The van der Waals surface area contributed by atoms with Crippen molar-refractivity contribution in [1.82, 2.24) is 14.7 Å². The minimum absolute atomic E-state index is 0.00916. The Kier molecular flexibility index (Phi) is 7.20. The molecule has 2 rings (SSSR count). The van der Waals surface area contributed by atoms with Crippen molar-refractivity contribution in [1.29, 1.82) is 0 Å². The first-order valence-corrected chi connectivity index (χ1v) is 8.49. The molecule has 2 atom stereocenters. The van der Waals surface area contributed by atoms with Crippen LogP contribution < -0.4 is 0 Å². The van der Waals surface area contributed by atoms with Crippen LogP contribution in [0, 0.1) is 5.92 Å². The molecule has 136 valence electrons. The van der Waals surface area contributed by atoms with E-state index in [9.17, 15) is 9.59 Å². The largest absolute Gasteiger partial charge is 0.379 e. The minimum atomic E-state index is -0.0782. The van der Waals surface area contributed by atoms with Gasteiger partial charge < -0.3 is 19.3 Å². The van der Waals surface area contributed by atoms with E-state index in [0.717, 1.165) is 32.8 Å². The van der Waals surface area contributed by atoms with Gasteiger partial charge in [-0.05, 0) is 0 Å². The van der Waals surface area contributed by atoms with E-state index in [1.165, 1.54) is 0 Å². The predicted octanol–water partition coefficient (Wildman–Crippen LogP) is -0.173. The second-order valence-electron chi connectivity index (χ2n) is 6.59. The third-order valence-electron chi connectivity index (χ3n) is 4.66. The number of carbonyl (C=O) groups excluding carboxylic acids is 2. The lowest BCUT2D eigenvalue weighted by Gasteiger charge is -2.25. The molecule has 2 fully saturated rings. The molecule has 24 heavy (non-hydrogen) atoms. The zero-order chi connectivity index (χ0) is 17.5. The average molecular weight is 339 g/mol. The Bertz CT molecular complexity index is 461. The Balaban J connectivity index is 1.82. The molecule has 0 aromatic rings. The van der Waals surface area contributed by atoms with Gasteiger partial charge in [0.1, 0.15) is 0 Å². The molecule has 0 N–H and O–H groups in total. The van der Waals surface area contributed by atoms with Gasteiger partial charge in [-0.25, -0.2) is 0 Å². The molecule has 0 radical (unpaired) electrons. The number of hydrogen-bond donors (Lipinski definition) is 0. The van der Waals surface area contributed by atoms with Crippen LogP contribution in [-0.4, -0.2) is 99.8 Å². The summed E-state index contributed by atoms with van der Waals surface area (Å²) in [5, 5.41) is 0. The summed E-state index contributed by atoms with van der Waals surface area (Å²) in [4.78, 5) is 29.9. The Hall–Kier alpha value is -1.44. The first-order chi connectivity index (χ1) is 11.5. The first kappa shape index (κ1) is 18.9. The molecule has 2 aliphatic heterocycles. The predicted molar refractivity (Wildman–Crippen MR) is 90.6 cm³/mol. The number of amides is 2. The lowest BCUT2D eigenvalue weighted by Crippen LogP contribution is -2.36. The van der Waals surface area contributed by atoms with Gasteiger partial charge in [-0.15, -0.1) is 0 Å². The molecule has 7 heteroatoms. The van der Waals surface area contributed by atoms with Crippen LogP contribution in [0.1, 0.15) is 6.42 Å². The number of carbonyl (C=O) groups is 2. The van der Waals surface area contributed by atoms with Gasteiger partial charge in [0.2, 0.25) is 11.8 Å². The third-order valence-corrected chi connectivity index (χ3v) is 4.66. The fourth-order valence-electron chi connectivity index (χ4n) is 3.08. The summed E-state index contributed by atoms with van der Waals surface area (Å²) in [5.41, 5.74) is 0. The standard InChI is InChI=1S/C17H29N3O4/c1-18(2)17(22)11-14-12-20(13-15(14)23-3)16(21)5-4-6-19-7-9-24-10-8-19/h4-5,14-15H,6-13H2,1-3H3/b5-4+/t14-,15+/m1/s1. The van der Waals surface area contributed by atoms with Crippen molar-refractivity contribution in [3.8, 4) is 0 Å². The molecule has 2 aliphatic rings. The lowest BCUT2D eigenvalue weighted by atomic mass is 10.0. The molecule has 0 bridgehead atoms. The molecular formula is C17H29N3O4. The van der Waals surface area contributed by atoms with Crippen molar-refractivity contribution < 1.29 is 19.1 Å². The fraction of sp³-hybridized carbons (Fsp3) is 0.765. The smallest absolute Gasteiger partial charge is 0.246 e. The highest BCUT2D eigenvalue weighted by molar-refractivity contribution is 5.88. The number of ether oxygens (including phenoxy) is 2. The van der Waals surface area contributed by atoms with Crippen LogP contribution in [0.3, 0.4) is 0 Å². The maximum Gasteiger partial charge on any atom is 0.246 e. The molecule has 2 saturated heterocycles. The van der Waals surface area contributed by atoms with Gasteiger partial charge in [-0.1, -0.05) is 6.08 Å². The first-order valence-electron chi connectivity index (χ1n) is 8.49. The Morgan fingerprint density at radius 2 is 1.96 bits per heavy atom. The number of hydrogen-bond acceptors (Lipinski definition) is 5. The summed E-state index contributed by atoms with van der Waals surface area (Å²) in [6.07, 6.45) is 3.88. The maximum absolute atomic E-state index is 12.4. The van der Waals surface area contributed by atoms with Gasteiger partial charge in [0, 0.05) is 72.3 Å². The summed E-state index contributed by atoms with van der Waals surface area (Å²) < 4.78 is 10.8. The maximum atomic E-state index is 12.4. The van der Waals surface area contributed by atoms with Crippen molar-refractivity contribution in [2.24, 2.45) is 5.92 Å². The van der Waals surface area contributed by atoms with Crippen molar-refractivity contribution in [3.05, 3.63) is 12.2 Å². The van der Waals surface area contributed by atoms with Crippen LogP contribution in [0.25, 0.3) is 0 Å². The number of nitrogens with zero attached hydrogens (tertiary/aromatic N) is 3. The topological polar surface area (TPSA) is 62.3 Å². The molecule has 0 aromatic heterocycles. The normalized spacial score (nSPS) is 25.4. The van der Waals surface area contributed by atoms with E-state index in [-0.39, 0.29) is 23.8 Å². The van der Waals surface area contributed by atoms with Crippen LogP contribution in [0.4, 0.5) is 0 Å². The molecular weight excluding hydrogens is 310 g/mol. The Labute approximate surface area is 144 Å². The van der Waals surface area contributed by atoms with E-state index < -0.39 is 0 Å². The second kappa shape index (κ2) is 9.15. The van der Waals surface area contributed by atoms with Gasteiger partial charge in [0.25, 0.3) is 0 Å². The minimum Gasteiger partial charge on any atom is -0.379 e. The molecule has 7 nitrogen and oxygen atoms in total. The lowest BCUT2D eigenvalue weighted by molar-refractivity contribution is -0.130. The van der Waals surface area contributed by atoms with E-state index in [4.69, 9.17) is 9.47 Å². The molecule has 2 heterocycles. The second-order valence-corrected chi connectivity index (χ2v) is 6.59. The molecule has 0 spiro atoms. The third kappa shape index (κ3) is 5.29. The molecule has 0 unspecified atom stereocenters. The van der Waals surface area contributed by atoms with E-state index >= 15 is 0 Å². The molecule has 2 amide bonds.